The lowest BCUT2D eigenvalue weighted by molar-refractivity contribution is 1.07. The highest BCUT2D eigenvalue weighted by Gasteiger charge is 2.15. The smallest absolute Gasteiger partial charge is 0.165 e. The molecule has 0 N–H and O–H groups in total. The van der Waals surface area contributed by atoms with Crippen LogP contribution in [0.1, 0.15) is 0 Å². The first kappa shape index (κ1) is 22.3. The number of aromatic nitrogens is 7. The van der Waals surface area contributed by atoms with Gasteiger partial charge in [-0.2, -0.15) is 0 Å². The van der Waals surface area contributed by atoms with E-state index in [4.69, 9.17) is 24.9 Å². The monoisotopic (exact) mass is 513 g/mol. The van der Waals surface area contributed by atoms with Gasteiger partial charge in [0, 0.05) is 63.0 Å². The van der Waals surface area contributed by atoms with Crippen LogP contribution in [-0.4, -0.2) is 34.9 Å². The van der Waals surface area contributed by atoms with E-state index in [0.717, 1.165) is 60.3 Å². The largest absolute Gasteiger partial charge is 0.254 e. The molecule has 0 saturated heterocycles. The summed E-state index contributed by atoms with van der Waals surface area (Å²) in [5.41, 5.74) is 5.94. The Hall–Kier alpha value is -5.69. The molecule has 3 aromatic carbocycles. The zero-order valence-corrected chi connectivity index (χ0v) is 21.1. The van der Waals surface area contributed by atoms with E-state index in [2.05, 4.69) is 46.4 Å². The van der Waals surface area contributed by atoms with Gasteiger partial charge in [-0.1, -0.05) is 66.7 Å². The topological polar surface area (TPSA) is 90.2 Å². The van der Waals surface area contributed by atoms with Crippen molar-refractivity contribution < 1.29 is 0 Å². The number of fused-ring (bicyclic) bond motifs is 6. The molecule has 0 unspecified atom stereocenters. The average Bonchev–Trinajstić information content (AvgIpc) is 3.04. The third-order valence-corrected chi connectivity index (χ3v) is 7.03. The van der Waals surface area contributed by atoms with E-state index < -0.39 is 0 Å². The van der Waals surface area contributed by atoms with Gasteiger partial charge in [-0.25, -0.2) is 15.0 Å². The number of hydrogen-bond acceptors (Lipinski definition) is 7. The normalized spacial score (nSPS) is 11.5. The van der Waals surface area contributed by atoms with Crippen LogP contribution in [0.3, 0.4) is 0 Å². The third kappa shape index (κ3) is 3.72. The van der Waals surface area contributed by atoms with Crippen LogP contribution in [0.25, 0.3) is 77.8 Å². The Labute approximate surface area is 228 Å². The number of pyridine rings is 4. The van der Waals surface area contributed by atoms with Gasteiger partial charge in [0.25, 0.3) is 0 Å². The minimum atomic E-state index is 0.541. The molecule has 0 aliphatic carbocycles. The molecule has 0 spiro atoms. The predicted octanol–water partition coefficient (Wildman–Crippen LogP) is 7.07. The number of rotatable bonds is 3. The van der Waals surface area contributed by atoms with Crippen molar-refractivity contribution in [2.24, 2.45) is 0 Å². The summed E-state index contributed by atoms with van der Waals surface area (Å²) in [6.07, 6.45) is 7.19. The van der Waals surface area contributed by atoms with Crippen LogP contribution in [0.2, 0.25) is 0 Å². The number of benzene rings is 3. The Kier molecular flexibility index (Phi) is 4.99. The molecule has 8 aromatic rings. The highest BCUT2D eigenvalue weighted by Crippen LogP contribution is 2.30. The van der Waals surface area contributed by atoms with Crippen LogP contribution in [0.4, 0.5) is 0 Å². The van der Waals surface area contributed by atoms with Gasteiger partial charge >= 0.3 is 0 Å². The average molecular weight is 514 g/mol. The van der Waals surface area contributed by atoms with Crippen LogP contribution in [0.5, 0.6) is 0 Å². The second kappa shape index (κ2) is 8.96. The second-order valence-corrected chi connectivity index (χ2v) is 9.55. The van der Waals surface area contributed by atoms with Crippen molar-refractivity contribution >= 4 is 43.6 Å². The molecule has 0 fully saturated rings. The first-order chi connectivity index (χ1) is 19.8. The molecule has 40 heavy (non-hydrogen) atoms. The van der Waals surface area contributed by atoms with Gasteiger partial charge in [-0.05, 0) is 24.3 Å². The first-order valence-electron chi connectivity index (χ1n) is 12.9. The van der Waals surface area contributed by atoms with E-state index in [-0.39, 0.29) is 0 Å². The Morgan fingerprint density at radius 3 is 1.32 bits per heavy atom. The molecule has 5 aromatic heterocycles. The zero-order valence-electron chi connectivity index (χ0n) is 21.1. The molecule has 186 valence electrons. The van der Waals surface area contributed by atoms with Crippen LogP contribution in [0.15, 0.2) is 116 Å². The van der Waals surface area contributed by atoms with E-state index in [0.29, 0.717) is 17.5 Å². The minimum Gasteiger partial charge on any atom is -0.254 e. The Morgan fingerprint density at radius 2 is 0.800 bits per heavy atom. The molecule has 7 heteroatoms. The highest BCUT2D eigenvalue weighted by molar-refractivity contribution is 6.04. The standard InChI is InChI=1S/C33H19N7/c1-2-6-22(7-3-1)31-38-32(25-16-23-12-10-20-8-4-14-34-27(20)29(23)36-18-25)40-33(39-31)26-17-24-13-11-21-9-5-15-35-28(21)30(24)37-19-26/h1-19H. The summed E-state index contributed by atoms with van der Waals surface area (Å²) in [6.45, 7) is 0. The summed E-state index contributed by atoms with van der Waals surface area (Å²) in [5, 5.41) is 4.05. The van der Waals surface area contributed by atoms with Gasteiger partial charge in [0.15, 0.2) is 17.5 Å². The lowest BCUT2D eigenvalue weighted by Crippen LogP contribution is -2.01. The van der Waals surface area contributed by atoms with Gasteiger partial charge in [-0.3, -0.25) is 19.9 Å². The molecule has 0 bridgehead atoms. The minimum absolute atomic E-state index is 0.541. The Balaban J connectivity index is 1.32. The van der Waals surface area contributed by atoms with Crippen molar-refractivity contribution in [3.63, 3.8) is 0 Å². The van der Waals surface area contributed by atoms with Crippen molar-refractivity contribution in [1.82, 2.24) is 34.9 Å². The summed E-state index contributed by atoms with van der Waals surface area (Å²) >= 11 is 0. The molecular formula is C33H19N7. The Morgan fingerprint density at radius 1 is 0.350 bits per heavy atom. The van der Waals surface area contributed by atoms with Gasteiger partial charge in [0.05, 0.1) is 22.1 Å². The molecule has 7 nitrogen and oxygen atoms in total. The Bertz CT molecular complexity index is 2090. The van der Waals surface area contributed by atoms with Crippen molar-refractivity contribution in [2.75, 3.05) is 0 Å². The van der Waals surface area contributed by atoms with Crippen LogP contribution in [0, 0.1) is 0 Å². The van der Waals surface area contributed by atoms with Crippen LogP contribution in [-0.2, 0) is 0 Å². The fraction of sp³-hybridized carbons (Fsp3) is 0. The zero-order chi connectivity index (χ0) is 26.5. The van der Waals surface area contributed by atoms with Crippen molar-refractivity contribution in [3.8, 4) is 34.2 Å². The van der Waals surface area contributed by atoms with Crippen molar-refractivity contribution in [3.05, 3.63) is 116 Å². The maximum absolute atomic E-state index is 4.90. The van der Waals surface area contributed by atoms with E-state index in [1.54, 1.807) is 24.8 Å². The summed E-state index contributed by atoms with van der Waals surface area (Å²) in [4.78, 5) is 33.3. The van der Waals surface area contributed by atoms with E-state index in [9.17, 15) is 0 Å². The maximum atomic E-state index is 4.90. The summed E-state index contributed by atoms with van der Waals surface area (Å²) in [7, 11) is 0. The summed E-state index contributed by atoms with van der Waals surface area (Å²) in [5.74, 6) is 1.67. The molecule has 0 aliphatic heterocycles. The molecule has 0 aliphatic rings. The molecule has 0 saturated carbocycles. The van der Waals surface area contributed by atoms with Crippen LogP contribution < -0.4 is 0 Å². The molecule has 0 atom stereocenters. The number of nitrogens with zero attached hydrogens (tertiary/aromatic N) is 7. The summed E-state index contributed by atoms with van der Waals surface area (Å²) in [6, 6.07) is 30.2. The SMILES string of the molecule is c1ccc(-c2nc(-c3cnc4c(ccc5cccnc54)c3)nc(-c3cnc4c(ccc5cccnc54)c3)n2)cc1. The lowest BCUT2D eigenvalue weighted by Gasteiger charge is -2.10. The van der Waals surface area contributed by atoms with Crippen molar-refractivity contribution in [1.29, 1.82) is 0 Å². The van der Waals surface area contributed by atoms with E-state index >= 15 is 0 Å². The van der Waals surface area contributed by atoms with E-state index in [1.165, 1.54) is 0 Å². The predicted molar refractivity (Wildman–Crippen MR) is 157 cm³/mol. The highest BCUT2D eigenvalue weighted by atomic mass is 15.0. The van der Waals surface area contributed by atoms with Crippen LogP contribution >= 0.6 is 0 Å². The quantitative estimate of drug-likeness (QED) is 0.233. The summed E-state index contributed by atoms with van der Waals surface area (Å²) < 4.78 is 0. The lowest BCUT2D eigenvalue weighted by atomic mass is 10.1. The van der Waals surface area contributed by atoms with Gasteiger partial charge in [0.2, 0.25) is 0 Å². The second-order valence-electron chi connectivity index (χ2n) is 9.55. The van der Waals surface area contributed by atoms with E-state index in [1.807, 2.05) is 54.6 Å². The fourth-order valence-corrected chi connectivity index (χ4v) is 5.07. The maximum Gasteiger partial charge on any atom is 0.165 e. The first-order valence-corrected chi connectivity index (χ1v) is 12.9. The fourth-order valence-electron chi connectivity index (χ4n) is 5.07. The number of hydrogen-bond donors (Lipinski definition) is 0. The molecule has 8 rings (SSSR count). The third-order valence-electron chi connectivity index (χ3n) is 7.03. The van der Waals surface area contributed by atoms with Gasteiger partial charge in [-0.15, -0.1) is 0 Å². The molecule has 0 amide bonds. The van der Waals surface area contributed by atoms with Crippen molar-refractivity contribution in [2.45, 2.75) is 0 Å². The molecule has 5 heterocycles. The molecule has 0 radical (unpaired) electrons. The van der Waals surface area contributed by atoms with Gasteiger partial charge < -0.3 is 0 Å². The molecular weight excluding hydrogens is 494 g/mol. The van der Waals surface area contributed by atoms with Gasteiger partial charge in [0.1, 0.15) is 0 Å².